The van der Waals surface area contributed by atoms with E-state index in [4.69, 9.17) is 0 Å². The minimum Gasteiger partial charge on any atom is -0.392 e. The monoisotopic (exact) mass is 390 g/mol. The molecule has 0 spiro atoms. The van der Waals surface area contributed by atoms with E-state index in [-0.39, 0.29) is 30.8 Å². The fourth-order valence-electron chi connectivity index (χ4n) is 3.35. The molecule has 0 aliphatic heterocycles. The standard InChI is InChI=1S/C24H26N2O3/c1-16(2)23(24(29)25-20-11-5-7-17(13-20)15-27)26-22(28)14-19-10-6-9-18-8-3-4-12-21(18)19/h3-13,16,23,27H,14-15H2,1-2H3,(H,25,29)(H,26,28)/t23-/m0/s1. The number of carbonyl (C=O) groups is 2. The van der Waals surface area contributed by atoms with Crippen molar-refractivity contribution in [2.24, 2.45) is 5.92 Å². The van der Waals surface area contributed by atoms with E-state index < -0.39 is 6.04 Å². The predicted octanol–water partition coefficient (Wildman–Crippen LogP) is 3.65. The fraction of sp³-hybridized carbons (Fsp3) is 0.250. The van der Waals surface area contributed by atoms with Crippen LogP contribution in [0.2, 0.25) is 0 Å². The highest BCUT2D eigenvalue weighted by Crippen LogP contribution is 2.19. The zero-order valence-corrected chi connectivity index (χ0v) is 16.7. The Morgan fingerprint density at radius 2 is 1.69 bits per heavy atom. The zero-order valence-electron chi connectivity index (χ0n) is 16.7. The zero-order chi connectivity index (χ0) is 20.8. The van der Waals surface area contributed by atoms with Gasteiger partial charge in [0, 0.05) is 5.69 Å². The van der Waals surface area contributed by atoms with Gasteiger partial charge in [0.2, 0.25) is 11.8 Å². The van der Waals surface area contributed by atoms with E-state index in [0.29, 0.717) is 11.3 Å². The van der Waals surface area contributed by atoms with Gasteiger partial charge in [0.1, 0.15) is 6.04 Å². The van der Waals surface area contributed by atoms with Crippen LogP contribution in [0.3, 0.4) is 0 Å². The first-order chi connectivity index (χ1) is 14.0. The Bertz CT molecular complexity index is 1010. The van der Waals surface area contributed by atoms with E-state index in [9.17, 15) is 14.7 Å². The van der Waals surface area contributed by atoms with Gasteiger partial charge in [-0.25, -0.2) is 0 Å². The molecule has 0 unspecified atom stereocenters. The van der Waals surface area contributed by atoms with Gasteiger partial charge in [-0.05, 0) is 39.9 Å². The van der Waals surface area contributed by atoms with E-state index in [2.05, 4.69) is 10.6 Å². The molecule has 150 valence electrons. The number of hydrogen-bond acceptors (Lipinski definition) is 3. The summed E-state index contributed by atoms with van der Waals surface area (Å²) in [6.45, 7) is 3.69. The quantitative estimate of drug-likeness (QED) is 0.576. The van der Waals surface area contributed by atoms with Crippen molar-refractivity contribution in [2.45, 2.75) is 32.9 Å². The number of hydrogen-bond donors (Lipinski definition) is 3. The van der Waals surface area contributed by atoms with Crippen LogP contribution in [0.25, 0.3) is 10.8 Å². The first-order valence-corrected chi connectivity index (χ1v) is 9.74. The van der Waals surface area contributed by atoms with Crippen LogP contribution in [0.4, 0.5) is 5.69 Å². The number of nitrogens with one attached hydrogen (secondary N) is 2. The molecule has 3 aromatic carbocycles. The molecule has 0 aliphatic rings. The molecule has 5 nitrogen and oxygen atoms in total. The van der Waals surface area contributed by atoms with Crippen LogP contribution in [0.5, 0.6) is 0 Å². The summed E-state index contributed by atoms with van der Waals surface area (Å²) in [5.74, 6) is -0.548. The lowest BCUT2D eigenvalue weighted by Gasteiger charge is -2.22. The van der Waals surface area contributed by atoms with Crippen molar-refractivity contribution in [1.29, 1.82) is 0 Å². The van der Waals surface area contributed by atoms with Gasteiger partial charge in [0.25, 0.3) is 0 Å². The van der Waals surface area contributed by atoms with Crippen LogP contribution in [0.15, 0.2) is 66.7 Å². The Balaban J connectivity index is 1.70. The van der Waals surface area contributed by atoms with Crippen LogP contribution in [-0.4, -0.2) is 23.0 Å². The van der Waals surface area contributed by atoms with E-state index in [0.717, 1.165) is 16.3 Å². The molecule has 2 amide bonds. The smallest absolute Gasteiger partial charge is 0.247 e. The minimum atomic E-state index is -0.657. The van der Waals surface area contributed by atoms with Crippen LogP contribution in [-0.2, 0) is 22.6 Å². The van der Waals surface area contributed by atoms with E-state index in [1.807, 2.05) is 56.3 Å². The number of aliphatic hydroxyl groups excluding tert-OH is 1. The SMILES string of the molecule is CC(C)[C@H](NC(=O)Cc1cccc2ccccc12)C(=O)Nc1cccc(CO)c1. The molecule has 5 heteroatoms. The van der Waals surface area contributed by atoms with E-state index in [1.165, 1.54) is 0 Å². The summed E-state index contributed by atoms with van der Waals surface area (Å²) < 4.78 is 0. The summed E-state index contributed by atoms with van der Waals surface area (Å²) in [5, 5.41) is 17.1. The second-order valence-corrected chi connectivity index (χ2v) is 7.45. The maximum Gasteiger partial charge on any atom is 0.247 e. The molecule has 0 fully saturated rings. The number of aliphatic hydroxyl groups is 1. The Morgan fingerprint density at radius 1 is 0.966 bits per heavy atom. The Kier molecular flexibility index (Phi) is 6.62. The summed E-state index contributed by atoms with van der Waals surface area (Å²) in [5.41, 5.74) is 2.23. The van der Waals surface area contributed by atoms with Gasteiger partial charge >= 0.3 is 0 Å². The third-order valence-electron chi connectivity index (χ3n) is 4.87. The molecule has 0 radical (unpaired) electrons. The molecule has 3 aromatic rings. The maximum atomic E-state index is 12.8. The van der Waals surface area contributed by atoms with Crippen molar-refractivity contribution in [2.75, 3.05) is 5.32 Å². The van der Waals surface area contributed by atoms with Gasteiger partial charge in [-0.2, -0.15) is 0 Å². The molecule has 1 atom stereocenters. The summed E-state index contributed by atoms with van der Waals surface area (Å²) in [6.07, 6.45) is 0.206. The van der Waals surface area contributed by atoms with Crippen molar-refractivity contribution in [1.82, 2.24) is 5.32 Å². The number of fused-ring (bicyclic) bond motifs is 1. The lowest BCUT2D eigenvalue weighted by molar-refractivity contribution is -0.127. The van der Waals surface area contributed by atoms with Crippen LogP contribution < -0.4 is 10.6 Å². The van der Waals surface area contributed by atoms with Gasteiger partial charge in [-0.15, -0.1) is 0 Å². The summed E-state index contributed by atoms with van der Waals surface area (Å²) >= 11 is 0. The van der Waals surface area contributed by atoms with Crippen LogP contribution >= 0.6 is 0 Å². The average Bonchev–Trinajstić information content (AvgIpc) is 2.72. The van der Waals surface area contributed by atoms with Crippen molar-refractivity contribution in [3.8, 4) is 0 Å². The first kappa shape index (κ1) is 20.6. The highest BCUT2D eigenvalue weighted by molar-refractivity contribution is 5.98. The highest BCUT2D eigenvalue weighted by atomic mass is 16.3. The number of carbonyl (C=O) groups excluding carboxylic acids is 2. The Hall–Kier alpha value is -3.18. The largest absolute Gasteiger partial charge is 0.392 e. The minimum absolute atomic E-state index is 0.0764. The van der Waals surface area contributed by atoms with Gasteiger partial charge in [0.15, 0.2) is 0 Å². The molecule has 0 saturated carbocycles. The molecule has 3 N–H and O–H groups in total. The average molecular weight is 390 g/mol. The lowest BCUT2D eigenvalue weighted by Crippen LogP contribution is -2.47. The van der Waals surface area contributed by atoms with E-state index in [1.54, 1.807) is 24.3 Å². The van der Waals surface area contributed by atoms with Crippen LogP contribution in [0.1, 0.15) is 25.0 Å². The predicted molar refractivity (Wildman–Crippen MR) is 115 cm³/mol. The third-order valence-corrected chi connectivity index (χ3v) is 4.87. The molecule has 0 bridgehead atoms. The van der Waals surface area contributed by atoms with Gasteiger partial charge in [-0.1, -0.05) is 68.4 Å². The lowest BCUT2D eigenvalue weighted by atomic mass is 10.00. The van der Waals surface area contributed by atoms with Crippen molar-refractivity contribution in [3.05, 3.63) is 77.9 Å². The molecule has 29 heavy (non-hydrogen) atoms. The van der Waals surface area contributed by atoms with Crippen LogP contribution in [0, 0.1) is 5.92 Å². The highest BCUT2D eigenvalue weighted by Gasteiger charge is 2.24. The first-order valence-electron chi connectivity index (χ1n) is 9.74. The molecule has 3 rings (SSSR count). The topological polar surface area (TPSA) is 78.4 Å². The van der Waals surface area contributed by atoms with Crippen molar-refractivity contribution >= 4 is 28.3 Å². The second kappa shape index (κ2) is 9.34. The maximum absolute atomic E-state index is 12.8. The van der Waals surface area contributed by atoms with Gasteiger partial charge in [-0.3, -0.25) is 9.59 Å². The molecular formula is C24H26N2O3. The number of rotatable bonds is 7. The normalized spacial score (nSPS) is 12.0. The molecule has 0 saturated heterocycles. The fourth-order valence-corrected chi connectivity index (χ4v) is 3.35. The second-order valence-electron chi connectivity index (χ2n) is 7.45. The third kappa shape index (κ3) is 5.21. The number of anilines is 1. The molecular weight excluding hydrogens is 364 g/mol. The van der Waals surface area contributed by atoms with Gasteiger partial charge in [0.05, 0.1) is 13.0 Å². The number of benzene rings is 3. The van der Waals surface area contributed by atoms with Crippen molar-refractivity contribution < 1.29 is 14.7 Å². The van der Waals surface area contributed by atoms with Gasteiger partial charge < -0.3 is 15.7 Å². The molecule has 0 heterocycles. The van der Waals surface area contributed by atoms with Crippen molar-refractivity contribution in [3.63, 3.8) is 0 Å². The summed E-state index contributed by atoms with van der Waals surface area (Å²) in [7, 11) is 0. The summed E-state index contributed by atoms with van der Waals surface area (Å²) in [4.78, 5) is 25.5. The number of amides is 2. The Morgan fingerprint density at radius 3 is 2.45 bits per heavy atom. The Labute approximate surface area is 170 Å². The van der Waals surface area contributed by atoms with E-state index >= 15 is 0 Å². The molecule has 0 aliphatic carbocycles. The summed E-state index contributed by atoms with van der Waals surface area (Å²) in [6, 6.07) is 20.2. The molecule has 0 aromatic heterocycles.